The Balaban J connectivity index is 1.42. The molecule has 0 spiro atoms. The second-order valence-electron chi connectivity index (χ2n) is 7.74. The van der Waals surface area contributed by atoms with E-state index in [4.69, 9.17) is 9.47 Å². The van der Waals surface area contributed by atoms with Crippen LogP contribution in [0.25, 0.3) is 0 Å². The maximum Gasteiger partial charge on any atom is 0.0668 e. The molecule has 0 aromatic carbocycles. The predicted molar refractivity (Wildman–Crippen MR) is 72.8 cm³/mol. The number of rotatable bonds is 2. The van der Waals surface area contributed by atoms with Gasteiger partial charge < -0.3 is 9.47 Å². The van der Waals surface area contributed by atoms with Crippen molar-refractivity contribution in [1.29, 1.82) is 0 Å². The lowest BCUT2D eigenvalue weighted by Gasteiger charge is -2.69. The quantitative estimate of drug-likeness (QED) is 0.759. The van der Waals surface area contributed by atoms with Gasteiger partial charge in [0, 0.05) is 11.8 Å². The minimum absolute atomic E-state index is 0.606. The van der Waals surface area contributed by atoms with Crippen LogP contribution in [0.4, 0.5) is 0 Å². The third kappa shape index (κ3) is 1.35. The Bertz CT molecular complexity index is 381. The van der Waals surface area contributed by atoms with Gasteiger partial charge in [-0.3, -0.25) is 0 Å². The Morgan fingerprint density at radius 1 is 0.842 bits per heavy atom. The fourth-order valence-corrected chi connectivity index (χ4v) is 6.39. The highest BCUT2D eigenvalue weighted by Gasteiger charge is 2.67. The number of ether oxygens (including phenoxy) is 2. The number of hydrogen-bond donors (Lipinski definition) is 0. The van der Waals surface area contributed by atoms with Crippen molar-refractivity contribution in [2.45, 2.75) is 76.3 Å². The van der Waals surface area contributed by atoms with Gasteiger partial charge >= 0.3 is 0 Å². The van der Waals surface area contributed by atoms with Gasteiger partial charge in [0.2, 0.25) is 0 Å². The van der Waals surface area contributed by atoms with E-state index in [0.717, 1.165) is 29.6 Å². The second kappa shape index (κ2) is 3.98. The van der Waals surface area contributed by atoms with Gasteiger partial charge in [-0.05, 0) is 49.9 Å². The molecule has 19 heavy (non-hydrogen) atoms. The van der Waals surface area contributed by atoms with Crippen LogP contribution in [0.15, 0.2) is 0 Å². The molecule has 9 atom stereocenters. The zero-order valence-corrected chi connectivity index (χ0v) is 12.0. The molecule has 0 radical (unpaired) electrons. The molecule has 0 bridgehead atoms. The van der Waals surface area contributed by atoms with Gasteiger partial charge in [-0.15, -0.1) is 0 Å². The van der Waals surface area contributed by atoms with E-state index in [1.165, 1.54) is 44.9 Å². The summed E-state index contributed by atoms with van der Waals surface area (Å²) in [5, 5.41) is 0. The Morgan fingerprint density at radius 2 is 1.68 bits per heavy atom. The molecule has 0 amide bonds. The van der Waals surface area contributed by atoms with Crippen LogP contribution >= 0.6 is 0 Å². The lowest BCUT2D eigenvalue weighted by atomic mass is 9.49. The molecular weight excluding hydrogens is 236 g/mol. The Kier molecular flexibility index (Phi) is 2.42. The molecule has 5 aliphatic rings. The highest BCUT2D eigenvalue weighted by atomic mass is 16.5. The average molecular weight is 262 g/mol. The van der Waals surface area contributed by atoms with E-state index in [1.807, 2.05) is 0 Å². The highest BCUT2D eigenvalue weighted by Crippen LogP contribution is 2.63. The first-order valence-corrected chi connectivity index (χ1v) is 8.69. The molecule has 0 N–H and O–H groups in total. The van der Waals surface area contributed by atoms with Crippen LogP contribution < -0.4 is 0 Å². The normalized spacial score (nSPS) is 61.4. The Labute approximate surface area is 116 Å². The van der Waals surface area contributed by atoms with Crippen LogP contribution in [0.2, 0.25) is 0 Å². The molecule has 9 unspecified atom stereocenters. The van der Waals surface area contributed by atoms with Crippen molar-refractivity contribution in [3.05, 3.63) is 0 Å². The summed E-state index contributed by atoms with van der Waals surface area (Å²) in [5.74, 6) is 4.32. The van der Waals surface area contributed by atoms with Crippen LogP contribution in [0.5, 0.6) is 0 Å². The Hall–Kier alpha value is -0.0800. The van der Waals surface area contributed by atoms with E-state index in [-0.39, 0.29) is 0 Å². The van der Waals surface area contributed by atoms with Crippen molar-refractivity contribution < 1.29 is 9.47 Å². The SMILES string of the molecule is CCCC1CCC2C3OC4CCCC(C5OC1C25)C43. The third-order valence-electron chi connectivity index (χ3n) is 7.07. The first kappa shape index (κ1) is 11.6. The fourth-order valence-electron chi connectivity index (χ4n) is 6.39. The summed E-state index contributed by atoms with van der Waals surface area (Å²) < 4.78 is 12.8. The molecule has 2 heterocycles. The number of hydrogen-bond acceptors (Lipinski definition) is 2. The molecule has 0 aromatic rings. The van der Waals surface area contributed by atoms with Gasteiger partial charge in [0.25, 0.3) is 0 Å². The topological polar surface area (TPSA) is 18.5 Å². The highest BCUT2D eigenvalue weighted by molar-refractivity contribution is 5.14. The molecule has 5 rings (SSSR count). The van der Waals surface area contributed by atoms with Crippen molar-refractivity contribution in [3.8, 4) is 0 Å². The zero-order valence-electron chi connectivity index (χ0n) is 12.0. The summed E-state index contributed by atoms with van der Waals surface area (Å²) in [7, 11) is 0. The summed E-state index contributed by atoms with van der Waals surface area (Å²) in [4.78, 5) is 0. The average Bonchev–Trinajstić information content (AvgIpc) is 2.34. The second-order valence-corrected chi connectivity index (χ2v) is 7.74. The van der Waals surface area contributed by atoms with Crippen LogP contribution in [-0.4, -0.2) is 24.4 Å². The van der Waals surface area contributed by atoms with E-state index >= 15 is 0 Å². The van der Waals surface area contributed by atoms with E-state index in [1.54, 1.807) is 0 Å². The lowest BCUT2D eigenvalue weighted by Crippen LogP contribution is -2.74. The summed E-state index contributed by atoms with van der Waals surface area (Å²) in [6.45, 7) is 2.32. The van der Waals surface area contributed by atoms with Crippen molar-refractivity contribution in [2.75, 3.05) is 0 Å². The smallest absolute Gasteiger partial charge is 0.0668 e. The molecule has 106 valence electrons. The summed E-state index contributed by atoms with van der Waals surface area (Å²) in [6, 6.07) is 0. The van der Waals surface area contributed by atoms with Crippen LogP contribution in [0.3, 0.4) is 0 Å². The minimum Gasteiger partial charge on any atom is -0.374 e. The maximum atomic E-state index is 6.46. The third-order valence-corrected chi connectivity index (χ3v) is 7.07. The van der Waals surface area contributed by atoms with Gasteiger partial charge in [-0.1, -0.05) is 19.8 Å². The largest absolute Gasteiger partial charge is 0.374 e. The van der Waals surface area contributed by atoms with Crippen molar-refractivity contribution in [1.82, 2.24) is 0 Å². The molecule has 0 aromatic heterocycles. The minimum atomic E-state index is 0.606. The maximum absolute atomic E-state index is 6.46. The van der Waals surface area contributed by atoms with Gasteiger partial charge in [-0.2, -0.15) is 0 Å². The molecule has 5 fully saturated rings. The van der Waals surface area contributed by atoms with Crippen molar-refractivity contribution in [2.24, 2.45) is 29.6 Å². The van der Waals surface area contributed by atoms with E-state index in [0.29, 0.717) is 24.4 Å². The zero-order chi connectivity index (χ0) is 12.6. The molecular formula is C17H26O2. The van der Waals surface area contributed by atoms with Gasteiger partial charge in [0.15, 0.2) is 0 Å². The van der Waals surface area contributed by atoms with Crippen LogP contribution in [0.1, 0.15) is 51.9 Å². The van der Waals surface area contributed by atoms with Gasteiger partial charge in [0.1, 0.15) is 0 Å². The molecule has 3 aliphatic carbocycles. The van der Waals surface area contributed by atoms with Gasteiger partial charge in [0.05, 0.1) is 24.4 Å². The lowest BCUT2D eigenvalue weighted by molar-refractivity contribution is -0.368. The first-order valence-electron chi connectivity index (χ1n) is 8.69. The van der Waals surface area contributed by atoms with Crippen LogP contribution in [-0.2, 0) is 9.47 Å². The van der Waals surface area contributed by atoms with Gasteiger partial charge in [-0.25, -0.2) is 0 Å². The van der Waals surface area contributed by atoms with E-state index in [2.05, 4.69) is 6.92 Å². The molecule has 2 saturated heterocycles. The fraction of sp³-hybridized carbons (Fsp3) is 1.00. The summed E-state index contributed by atoms with van der Waals surface area (Å²) in [5.41, 5.74) is 0. The number of fused-ring (bicyclic) bond motifs is 2. The standard InChI is InChI=1S/C17H26O2/c1-2-4-9-7-8-11-14-15(9)19-17(14)10-5-3-6-12-13(10)16(11)18-12/h9-17H,2-8H2,1H3. The van der Waals surface area contributed by atoms with Crippen LogP contribution in [0, 0.1) is 29.6 Å². The monoisotopic (exact) mass is 262 g/mol. The Morgan fingerprint density at radius 3 is 2.58 bits per heavy atom. The van der Waals surface area contributed by atoms with Crippen molar-refractivity contribution in [3.63, 3.8) is 0 Å². The molecule has 2 aliphatic heterocycles. The summed E-state index contributed by atoms with van der Waals surface area (Å²) >= 11 is 0. The predicted octanol–water partition coefficient (Wildman–Crippen LogP) is 3.39. The van der Waals surface area contributed by atoms with Crippen molar-refractivity contribution >= 4 is 0 Å². The molecule has 3 saturated carbocycles. The first-order chi connectivity index (χ1) is 9.38. The summed E-state index contributed by atoms with van der Waals surface area (Å²) in [6.07, 6.45) is 12.1. The molecule has 2 nitrogen and oxygen atoms in total. The van der Waals surface area contributed by atoms with E-state index < -0.39 is 0 Å². The molecule has 2 heteroatoms. The van der Waals surface area contributed by atoms with E-state index in [9.17, 15) is 0 Å².